The van der Waals surface area contributed by atoms with Crippen molar-refractivity contribution in [1.82, 2.24) is 14.5 Å². The molecule has 130 valence electrons. The summed E-state index contributed by atoms with van der Waals surface area (Å²) in [6.07, 6.45) is 0.925. The predicted molar refractivity (Wildman–Crippen MR) is 97.7 cm³/mol. The molecule has 1 aromatic carbocycles. The summed E-state index contributed by atoms with van der Waals surface area (Å²) in [5, 5.41) is 3.34. The molecule has 3 rings (SSSR count). The molecule has 2 fully saturated rings. The minimum atomic E-state index is -3.38. The number of piperazine rings is 1. The van der Waals surface area contributed by atoms with Gasteiger partial charge in [-0.2, -0.15) is 4.31 Å². The van der Waals surface area contributed by atoms with E-state index in [1.807, 2.05) is 13.0 Å². The molecule has 5 nitrogen and oxygen atoms in total. The Kier molecular flexibility index (Phi) is 6.49. The fraction of sp³-hybridized carbons (Fsp3) is 0.600. The second-order valence-corrected chi connectivity index (χ2v) is 8.79. The third kappa shape index (κ3) is 4.08. The Hall–Kier alpha value is -0.180. The van der Waals surface area contributed by atoms with Gasteiger partial charge >= 0.3 is 0 Å². The van der Waals surface area contributed by atoms with Crippen molar-refractivity contribution >= 4 is 38.4 Å². The Morgan fingerprint density at radius 1 is 1.22 bits per heavy atom. The largest absolute Gasteiger partial charge is 0.314 e. The lowest BCUT2D eigenvalue weighted by Gasteiger charge is -2.32. The first-order chi connectivity index (χ1) is 10.5. The summed E-state index contributed by atoms with van der Waals surface area (Å²) < 4.78 is 28.2. The number of hydrogen-bond acceptors (Lipinski definition) is 4. The highest BCUT2D eigenvalue weighted by Gasteiger charge is 2.35. The van der Waals surface area contributed by atoms with E-state index >= 15 is 0 Å². The van der Waals surface area contributed by atoms with Gasteiger partial charge in [-0.15, -0.1) is 12.4 Å². The Morgan fingerprint density at radius 2 is 1.91 bits per heavy atom. The number of benzene rings is 1. The summed E-state index contributed by atoms with van der Waals surface area (Å²) >= 11 is 3.42. The van der Waals surface area contributed by atoms with Crippen molar-refractivity contribution in [2.24, 2.45) is 0 Å². The van der Waals surface area contributed by atoms with E-state index in [4.69, 9.17) is 0 Å². The second kappa shape index (κ2) is 7.80. The topological polar surface area (TPSA) is 52.7 Å². The van der Waals surface area contributed by atoms with Crippen molar-refractivity contribution in [3.05, 3.63) is 28.2 Å². The molecular formula is C15H23BrClN3O2S. The monoisotopic (exact) mass is 423 g/mol. The highest BCUT2D eigenvalue weighted by atomic mass is 79.9. The molecule has 1 N–H and O–H groups in total. The predicted octanol–water partition coefficient (Wildman–Crippen LogP) is 1.85. The summed E-state index contributed by atoms with van der Waals surface area (Å²) in [4.78, 5) is 2.81. The fourth-order valence-corrected chi connectivity index (χ4v) is 5.03. The fourth-order valence-electron chi connectivity index (χ4n) is 3.20. The van der Waals surface area contributed by atoms with Crippen molar-refractivity contribution in [2.75, 3.05) is 39.3 Å². The molecule has 0 saturated carbocycles. The SMILES string of the molecule is Cc1cc(S(=O)(=O)N2CCC(N3CCNCC3)C2)ccc1Br.Cl. The smallest absolute Gasteiger partial charge is 0.243 e. The lowest BCUT2D eigenvalue weighted by Crippen LogP contribution is -2.49. The van der Waals surface area contributed by atoms with E-state index in [-0.39, 0.29) is 12.4 Å². The van der Waals surface area contributed by atoms with Crippen LogP contribution in [0.3, 0.4) is 0 Å². The van der Waals surface area contributed by atoms with Crippen LogP contribution in [0.5, 0.6) is 0 Å². The van der Waals surface area contributed by atoms with Gasteiger partial charge in [0.15, 0.2) is 0 Å². The molecule has 2 aliphatic rings. The van der Waals surface area contributed by atoms with Crippen LogP contribution in [0.25, 0.3) is 0 Å². The molecule has 0 amide bonds. The molecule has 0 radical (unpaired) electrons. The van der Waals surface area contributed by atoms with E-state index in [0.717, 1.165) is 42.6 Å². The zero-order chi connectivity index (χ0) is 15.7. The van der Waals surface area contributed by atoms with Crippen LogP contribution >= 0.6 is 28.3 Å². The maximum Gasteiger partial charge on any atom is 0.243 e. The molecule has 23 heavy (non-hydrogen) atoms. The summed E-state index contributed by atoms with van der Waals surface area (Å²) in [6, 6.07) is 5.60. The number of rotatable bonds is 3. The standard InChI is InChI=1S/C15H22BrN3O2S.ClH/c1-12-10-14(2-3-15(12)16)22(20,21)19-7-4-13(11-19)18-8-5-17-6-9-18;/h2-3,10,13,17H,4-9,11H2,1H3;1H. The molecule has 2 aliphatic heterocycles. The van der Waals surface area contributed by atoms with Crippen LogP contribution in [0.1, 0.15) is 12.0 Å². The molecule has 0 bridgehead atoms. The highest BCUT2D eigenvalue weighted by Crippen LogP contribution is 2.26. The van der Waals surface area contributed by atoms with Crippen LogP contribution in [-0.2, 0) is 10.0 Å². The Morgan fingerprint density at radius 3 is 2.57 bits per heavy atom. The summed E-state index contributed by atoms with van der Waals surface area (Å²) in [5.74, 6) is 0. The molecule has 1 aromatic rings. The number of nitrogens with one attached hydrogen (secondary N) is 1. The number of nitrogens with zero attached hydrogens (tertiary/aromatic N) is 2. The Labute approximate surface area is 153 Å². The van der Waals surface area contributed by atoms with Gasteiger partial charge in [0.2, 0.25) is 10.0 Å². The molecule has 1 atom stereocenters. The van der Waals surface area contributed by atoms with Gasteiger partial charge < -0.3 is 5.32 Å². The maximum absolute atomic E-state index is 12.8. The normalized spacial score (nSPS) is 23.7. The van der Waals surface area contributed by atoms with Crippen LogP contribution in [-0.4, -0.2) is 62.9 Å². The minimum Gasteiger partial charge on any atom is -0.314 e. The van der Waals surface area contributed by atoms with Crippen LogP contribution in [0.4, 0.5) is 0 Å². The number of hydrogen-bond donors (Lipinski definition) is 1. The molecule has 2 saturated heterocycles. The van der Waals surface area contributed by atoms with Gasteiger partial charge in [0.1, 0.15) is 0 Å². The molecule has 0 spiro atoms. The molecule has 8 heteroatoms. The van der Waals surface area contributed by atoms with E-state index < -0.39 is 10.0 Å². The van der Waals surface area contributed by atoms with Gasteiger partial charge in [-0.3, -0.25) is 4.90 Å². The van der Waals surface area contributed by atoms with Gasteiger partial charge in [0.25, 0.3) is 0 Å². The van der Waals surface area contributed by atoms with E-state index in [1.54, 1.807) is 16.4 Å². The van der Waals surface area contributed by atoms with E-state index in [9.17, 15) is 8.42 Å². The molecule has 2 heterocycles. The number of aryl methyl sites for hydroxylation is 1. The molecule has 0 aliphatic carbocycles. The van der Waals surface area contributed by atoms with E-state index in [1.165, 1.54) is 0 Å². The van der Waals surface area contributed by atoms with Gasteiger partial charge in [-0.25, -0.2) is 8.42 Å². The average molecular weight is 425 g/mol. The summed E-state index contributed by atoms with van der Waals surface area (Å²) in [5.41, 5.74) is 0.943. The highest BCUT2D eigenvalue weighted by molar-refractivity contribution is 9.10. The van der Waals surface area contributed by atoms with Crippen LogP contribution < -0.4 is 5.32 Å². The number of halogens is 2. The minimum absolute atomic E-state index is 0. The summed E-state index contributed by atoms with van der Waals surface area (Å²) in [6.45, 7) is 7.15. The van der Waals surface area contributed by atoms with Crippen LogP contribution in [0.15, 0.2) is 27.6 Å². The quantitative estimate of drug-likeness (QED) is 0.804. The third-order valence-electron chi connectivity index (χ3n) is 4.56. The molecule has 0 aromatic heterocycles. The van der Waals surface area contributed by atoms with Crippen molar-refractivity contribution < 1.29 is 8.42 Å². The van der Waals surface area contributed by atoms with Gasteiger partial charge in [0, 0.05) is 49.8 Å². The maximum atomic E-state index is 12.8. The number of sulfonamides is 1. The molecular weight excluding hydrogens is 402 g/mol. The van der Waals surface area contributed by atoms with Gasteiger partial charge in [-0.05, 0) is 37.1 Å². The first kappa shape index (κ1) is 19.1. The van der Waals surface area contributed by atoms with E-state index in [0.29, 0.717) is 24.0 Å². The summed E-state index contributed by atoms with van der Waals surface area (Å²) in [7, 11) is -3.38. The van der Waals surface area contributed by atoms with Gasteiger partial charge in [0.05, 0.1) is 4.90 Å². The zero-order valence-corrected chi connectivity index (χ0v) is 16.4. The first-order valence-corrected chi connectivity index (χ1v) is 9.93. The van der Waals surface area contributed by atoms with E-state index in [2.05, 4.69) is 26.1 Å². The Bertz CT molecular complexity index is 650. The first-order valence-electron chi connectivity index (χ1n) is 7.69. The van der Waals surface area contributed by atoms with Crippen molar-refractivity contribution in [1.29, 1.82) is 0 Å². The van der Waals surface area contributed by atoms with Crippen LogP contribution in [0.2, 0.25) is 0 Å². The lowest BCUT2D eigenvalue weighted by atomic mass is 10.2. The Balaban J connectivity index is 0.00000192. The third-order valence-corrected chi connectivity index (χ3v) is 7.31. The second-order valence-electron chi connectivity index (χ2n) is 6.00. The average Bonchev–Trinajstić information content (AvgIpc) is 3.01. The van der Waals surface area contributed by atoms with Crippen molar-refractivity contribution in [3.8, 4) is 0 Å². The lowest BCUT2D eigenvalue weighted by molar-refractivity contribution is 0.179. The van der Waals surface area contributed by atoms with Crippen molar-refractivity contribution in [3.63, 3.8) is 0 Å². The molecule has 1 unspecified atom stereocenters. The van der Waals surface area contributed by atoms with Gasteiger partial charge in [-0.1, -0.05) is 15.9 Å². The zero-order valence-electron chi connectivity index (χ0n) is 13.2. The van der Waals surface area contributed by atoms with Crippen molar-refractivity contribution in [2.45, 2.75) is 24.3 Å². The van der Waals surface area contributed by atoms with Crippen LogP contribution in [0, 0.1) is 6.92 Å².